The summed E-state index contributed by atoms with van der Waals surface area (Å²) in [6.45, 7) is 0. The van der Waals surface area contributed by atoms with Gasteiger partial charge in [-0.2, -0.15) is 0 Å². The Kier molecular flexibility index (Phi) is 3.97. The first-order valence-corrected chi connectivity index (χ1v) is 7.05. The fourth-order valence-corrected chi connectivity index (χ4v) is 2.35. The van der Waals surface area contributed by atoms with Crippen LogP contribution >= 0.6 is 0 Å². The van der Waals surface area contributed by atoms with Crippen LogP contribution in [0.2, 0.25) is 0 Å². The quantitative estimate of drug-likeness (QED) is 0.747. The Morgan fingerprint density at radius 1 is 0.783 bits per heavy atom. The van der Waals surface area contributed by atoms with E-state index in [0.717, 1.165) is 11.3 Å². The minimum atomic E-state index is -1.11. The monoisotopic (exact) mass is 303 g/mol. The van der Waals surface area contributed by atoms with Gasteiger partial charge in [0.1, 0.15) is 0 Å². The molecule has 0 aliphatic rings. The Balaban J connectivity index is 1.94. The smallest absolute Gasteiger partial charge is 0.336 e. The molecule has 1 N–H and O–H groups in total. The molecule has 1 aromatic heterocycles. The first-order chi connectivity index (χ1) is 11.2. The zero-order chi connectivity index (χ0) is 16.2. The van der Waals surface area contributed by atoms with Crippen molar-refractivity contribution in [3.8, 4) is 11.3 Å². The Morgan fingerprint density at radius 3 is 2.04 bits per heavy atom. The van der Waals surface area contributed by atoms with Crippen molar-refractivity contribution in [1.29, 1.82) is 0 Å². The third-order valence-electron chi connectivity index (χ3n) is 3.51. The van der Waals surface area contributed by atoms with E-state index in [4.69, 9.17) is 0 Å². The molecular formula is C19H13NO3. The predicted molar refractivity (Wildman–Crippen MR) is 86.5 cm³/mol. The van der Waals surface area contributed by atoms with E-state index in [-0.39, 0.29) is 16.9 Å². The Bertz CT molecular complexity index is 855. The molecule has 4 nitrogen and oxygen atoms in total. The molecule has 0 aliphatic heterocycles. The molecule has 0 amide bonds. The number of ketones is 1. The van der Waals surface area contributed by atoms with Crippen LogP contribution in [0.25, 0.3) is 11.3 Å². The fraction of sp³-hybridized carbons (Fsp3) is 0. The predicted octanol–water partition coefficient (Wildman–Crippen LogP) is 3.68. The molecule has 2 aromatic carbocycles. The topological polar surface area (TPSA) is 67.3 Å². The molecule has 0 aliphatic carbocycles. The van der Waals surface area contributed by atoms with Gasteiger partial charge >= 0.3 is 5.97 Å². The van der Waals surface area contributed by atoms with Crippen LogP contribution in [-0.4, -0.2) is 21.8 Å². The van der Waals surface area contributed by atoms with Crippen LogP contribution in [0.4, 0.5) is 0 Å². The summed E-state index contributed by atoms with van der Waals surface area (Å²) in [5, 5.41) is 9.19. The number of hydrogen-bond donors (Lipinski definition) is 1. The first-order valence-electron chi connectivity index (χ1n) is 7.05. The molecule has 0 saturated carbocycles. The van der Waals surface area contributed by atoms with E-state index in [1.54, 1.807) is 42.6 Å². The number of pyridine rings is 1. The third kappa shape index (κ3) is 3.01. The van der Waals surface area contributed by atoms with E-state index >= 15 is 0 Å². The van der Waals surface area contributed by atoms with Crippen LogP contribution < -0.4 is 0 Å². The zero-order valence-electron chi connectivity index (χ0n) is 12.1. The summed E-state index contributed by atoms with van der Waals surface area (Å²) in [5.74, 6) is -1.42. The molecule has 1 heterocycles. The van der Waals surface area contributed by atoms with Crippen molar-refractivity contribution < 1.29 is 14.7 Å². The number of carboxylic acid groups (broad SMARTS) is 1. The molecule has 4 heteroatoms. The van der Waals surface area contributed by atoms with Gasteiger partial charge in [-0.1, -0.05) is 48.5 Å². The number of rotatable bonds is 4. The Hall–Kier alpha value is -3.27. The molecular weight excluding hydrogens is 290 g/mol. The van der Waals surface area contributed by atoms with Gasteiger partial charge in [-0.05, 0) is 18.2 Å². The van der Waals surface area contributed by atoms with Crippen LogP contribution in [0.15, 0.2) is 72.9 Å². The van der Waals surface area contributed by atoms with Gasteiger partial charge in [-0.25, -0.2) is 4.79 Å². The molecule has 0 unspecified atom stereocenters. The van der Waals surface area contributed by atoms with Crippen LogP contribution in [-0.2, 0) is 0 Å². The van der Waals surface area contributed by atoms with Gasteiger partial charge in [0.25, 0.3) is 0 Å². The highest BCUT2D eigenvalue weighted by atomic mass is 16.4. The number of carbonyl (C=O) groups is 2. The average molecular weight is 303 g/mol. The van der Waals surface area contributed by atoms with Gasteiger partial charge in [-0.15, -0.1) is 0 Å². The molecule has 0 atom stereocenters. The number of benzene rings is 2. The summed E-state index contributed by atoms with van der Waals surface area (Å²) in [7, 11) is 0. The van der Waals surface area contributed by atoms with Crippen molar-refractivity contribution in [2.75, 3.05) is 0 Å². The van der Waals surface area contributed by atoms with Crippen LogP contribution in [0.5, 0.6) is 0 Å². The van der Waals surface area contributed by atoms with Crippen LogP contribution in [0.1, 0.15) is 26.3 Å². The average Bonchev–Trinajstić information content (AvgIpc) is 2.62. The summed E-state index contributed by atoms with van der Waals surface area (Å²) in [6, 6.07) is 18.8. The molecule has 0 radical (unpaired) electrons. The van der Waals surface area contributed by atoms with Gasteiger partial charge in [-0.3, -0.25) is 9.78 Å². The lowest BCUT2D eigenvalue weighted by atomic mass is 9.97. The lowest BCUT2D eigenvalue weighted by molar-refractivity contribution is 0.0693. The second-order valence-corrected chi connectivity index (χ2v) is 4.97. The highest BCUT2D eigenvalue weighted by Gasteiger charge is 2.17. The maximum Gasteiger partial charge on any atom is 0.336 e. The summed E-state index contributed by atoms with van der Waals surface area (Å²) in [6.07, 6.45) is 1.71. The van der Waals surface area contributed by atoms with Crippen molar-refractivity contribution in [1.82, 2.24) is 4.98 Å². The van der Waals surface area contributed by atoms with Gasteiger partial charge in [0, 0.05) is 22.9 Å². The molecule has 0 fully saturated rings. The van der Waals surface area contributed by atoms with Gasteiger partial charge in [0.15, 0.2) is 5.78 Å². The van der Waals surface area contributed by atoms with Crippen molar-refractivity contribution in [2.45, 2.75) is 0 Å². The number of aromatic carboxylic acids is 1. The van der Waals surface area contributed by atoms with E-state index in [2.05, 4.69) is 4.98 Å². The zero-order valence-corrected chi connectivity index (χ0v) is 12.1. The number of carbonyl (C=O) groups excluding carboxylic acids is 1. The number of aromatic nitrogens is 1. The molecule has 0 saturated heterocycles. The number of carboxylic acids is 1. The van der Waals surface area contributed by atoms with E-state index in [0.29, 0.717) is 5.56 Å². The lowest BCUT2D eigenvalue weighted by Gasteiger charge is -2.06. The maximum absolute atomic E-state index is 12.5. The number of nitrogens with zero attached hydrogens (tertiary/aromatic N) is 1. The van der Waals surface area contributed by atoms with Crippen LogP contribution in [0.3, 0.4) is 0 Å². The Morgan fingerprint density at radius 2 is 1.43 bits per heavy atom. The van der Waals surface area contributed by atoms with Crippen LogP contribution in [0, 0.1) is 0 Å². The normalized spacial score (nSPS) is 10.3. The molecule has 112 valence electrons. The largest absolute Gasteiger partial charge is 0.478 e. The highest BCUT2D eigenvalue weighted by Crippen LogP contribution is 2.20. The third-order valence-corrected chi connectivity index (χ3v) is 3.51. The second kappa shape index (κ2) is 6.23. The lowest BCUT2D eigenvalue weighted by Crippen LogP contribution is -2.09. The van der Waals surface area contributed by atoms with Crippen molar-refractivity contribution in [3.05, 3.63) is 89.6 Å². The summed E-state index contributed by atoms with van der Waals surface area (Å²) in [5.41, 5.74) is 2.35. The van der Waals surface area contributed by atoms with Crippen molar-refractivity contribution >= 4 is 11.8 Å². The summed E-state index contributed by atoms with van der Waals surface area (Å²) in [4.78, 5) is 28.0. The molecule has 3 aromatic rings. The maximum atomic E-state index is 12.5. The van der Waals surface area contributed by atoms with Gasteiger partial charge in [0.2, 0.25) is 0 Å². The Labute approximate surface area is 133 Å². The van der Waals surface area contributed by atoms with E-state index in [9.17, 15) is 14.7 Å². The highest BCUT2D eigenvalue weighted by molar-refractivity contribution is 6.14. The first kappa shape index (κ1) is 14.7. The van der Waals surface area contributed by atoms with Crippen molar-refractivity contribution in [3.63, 3.8) is 0 Å². The summed E-state index contributed by atoms with van der Waals surface area (Å²) < 4.78 is 0. The standard InChI is InChI=1S/C19H13NO3/c21-18(15-5-1-2-6-16(15)19(22)23)14-10-8-13(9-11-14)17-7-3-4-12-20-17/h1-12H,(H,22,23). The SMILES string of the molecule is O=C(O)c1ccccc1C(=O)c1ccc(-c2ccccn2)cc1. The van der Waals surface area contributed by atoms with Gasteiger partial charge < -0.3 is 5.11 Å². The molecule has 0 bridgehead atoms. The van der Waals surface area contributed by atoms with E-state index < -0.39 is 5.97 Å². The molecule has 0 spiro atoms. The van der Waals surface area contributed by atoms with E-state index in [1.807, 2.05) is 18.2 Å². The number of hydrogen-bond acceptors (Lipinski definition) is 3. The molecule has 23 heavy (non-hydrogen) atoms. The van der Waals surface area contributed by atoms with E-state index in [1.165, 1.54) is 12.1 Å². The van der Waals surface area contributed by atoms with Gasteiger partial charge in [0.05, 0.1) is 11.3 Å². The second-order valence-electron chi connectivity index (χ2n) is 4.97. The fourth-order valence-electron chi connectivity index (χ4n) is 2.35. The molecule has 3 rings (SSSR count). The van der Waals surface area contributed by atoms with Crippen molar-refractivity contribution in [2.24, 2.45) is 0 Å². The minimum Gasteiger partial charge on any atom is -0.478 e. The summed E-state index contributed by atoms with van der Waals surface area (Å²) >= 11 is 0. The minimum absolute atomic E-state index is 0.00584.